The van der Waals surface area contributed by atoms with E-state index in [2.05, 4.69) is 36.5 Å². The lowest BCUT2D eigenvalue weighted by molar-refractivity contribution is 0.576. The zero-order valence-corrected chi connectivity index (χ0v) is 19.3. The Kier molecular flexibility index (Phi) is 6.98. The van der Waals surface area contributed by atoms with E-state index < -0.39 is 10.0 Å². The zero-order valence-electron chi connectivity index (χ0n) is 18.5. The van der Waals surface area contributed by atoms with Crippen LogP contribution >= 0.6 is 0 Å². The lowest BCUT2D eigenvalue weighted by Gasteiger charge is -2.05. The fourth-order valence-corrected chi connectivity index (χ4v) is 4.05. The molecule has 7 nitrogen and oxygen atoms in total. The van der Waals surface area contributed by atoms with Gasteiger partial charge >= 0.3 is 0 Å². The van der Waals surface area contributed by atoms with Crippen LogP contribution in [0, 0.1) is 6.92 Å². The largest absolute Gasteiger partial charge is 0.311 e. The summed E-state index contributed by atoms with van der Waals surface area (Å²) in [6, 6.07) is 25.1. The van der Waals surface area contributed by atoms with Crippen molar-refractivity contribution >= 4 is 10.0 Å². The van der Waals surface area contributed by atoms with Crippen molar-refractivity contribution in [1.82, 2.24) is 20.3 Å². The fraction of sp³-hybridized carbons (Fsp3) is 0.200. The number of nitrogens with zero attached hydrogens (tertiary/aromatic N) is 3. The Morgan fingerprint density at radius 1 is 0.879 bits per heavy atom. The van der Waals surface area contributed by atoms with Gasteiger partial charge in [-0.3, -0.25) is 0 Å². The van der Waals surface area contributed by atoms with Crippen molar-refractivity contribution < 1.29 is 8.42 Å². The van der Waals surface area contributed by atoms with E-state index >= 15 is 0 Å². The van der Waals surface area contributed by atoms with Crippen molar-refractivity contribution in [3.63, 3.8) is 0 Å². The molecule has 4 rings (SSSR count). The lowest BCUT2D eigenvalue weighted by atomic mass is 10.1. The van der Waals surface area contributed by atoms with Crippen LogP contribution in [-0.2, 0) is 29.5 Å². The molecule has 0 aliphatic carbocycles. The van der Waals surface area contributed by atoms with Gasteiger partial charge in [0.05, 0.1) is 11.4 Å². The molecule has 33 heavy (non-hydrogen) atoms. The van der Waals surface area contributed by atoms with Crippen molar-refractivity contribution in [2.75, 3.05) is 6.54 Å². The first kappa shape index (κ1) is 22.8. The van der Waals surface area contributed by atoms with E-state index in [1.54, 1.807) is 16.9 Å². The van der Waals surface area contributed by atoms with Crippen LogP contribution in [-0.4, -0.2) is 30.0 Å². The highest BCUT2D eigenvalue weighted by Crippen LogP contribution is 2.20. The Morgan fingerprint density at radius 2 is 1.55 bits per heavy atom. The molecule has 0 aliphatic heterocycles. The van der Waals surface area contributed by atoms with Crippen LogP contribution in [0.3, 0.4) is 0 Å². The van der Waals surface area contributed by atoms with Crippen LogP contribution in [0.1, 0.15) is 22.4 Å². The van der Waals surface area contributed by atoms with Crippen molar-refractivity contribution in [2.24, 2.45) is 5.14 Å². The molecule has 0 bridgehead atoms. The van der Waals surface area contributed by atoms with Gasteiger partial charge in [-0.25, -0.2) is 13.6 Å². The number of benzene rings is 3. The SMILES string of the molecule is Cc1ccc(Cn2nc(CNCCc3ccc(S(N)(=O)=O)cc3)c(-c3ccccc3)n2)cc1. The van der Waals surface area contributed by atoms with Gasteiger partial charge in [0.2, 0.25) is 10.0 Å². The van der Waals surface area contributed by atoms with E-state index in [-0.39, 0.29) is 4.90 Å². The highest BCUT2D eigenvalue weighted by Gasteiger charge is 2.13. The number of sulfonamides is 1. The van der Waals surface area contributed by atoms with Gasteiger partial charge < -0.3 is 5.32 Å². The van der Waals surface area contributed by atoms with Crippen LogP contribution < -0.4 is 10.5 Å². The predicted molar refractivity (Wildman–Crippen MR) is 129 cm³/mol. The third-order valence-corrected chi connectivity index (χ3v) is 6.28. The Balaban J connectivity index is 1.43. The van der Waals surface area contributed by atoms with Gasteiger partial charge in [-0.05, 0) is 43.1 Å². The quantitative estimate of drug-likeness (QED) is 0.372. The normalized spacial score (nSPS) is 11.6. The molecule has 170 valence electrons. The second-order valence-corrected chi connectivity index (χ2v) is 9.55. The summed E-state index contributed by atoms with van der Waals surface area (Å²) >= 11 is 0. The molecule has 3 aromatic carbocycles. The number of hydrogen-bond donors (Lipinski definition) is 2. The predicted octanol–water partition coefficient (Wildman–Crippen LogP) is 3.28. The molecule has 0 spiro atoms. The van der Waals surface area contributed by atoms with E-state index in [4.69, 9.17) is 15.3 Å². The molecular formula is C25H27N5O2S. The molecule has 0 amide bonds. The maximum atomic E-state index is 11.4. The average Bonchev–Trinajstić information content (AvgIpc) is 3.21. The molecule has 4 aromatic rings. The summed E-state index contributed by atoms with van der Waals surface area (Å²) in [4.78, 5) is 1.87. The maximum absolute atomic E-state index is 11.4. The monoisotopic (exact) mass is 461 g/mol. The minimum atomic E-state index is -3.67. The van der Waals surface area contributed by atoms with Crippen LogP contribution in [0.2, 0.25) is 0 Å². The molecule has 1 heterocycles. The third-order valence-electron chi connectivity index (χ3n) is 5.35. The smallest absolute Gasteiger partial charge is 0.238 e. The zero-order chi connectivity index (χ0) is 23.3. The molecule has 0 radical (unpaired) electrons. The molecule has 0 saturated carbocycles. The first-order chi connectivity index (χ1) is 15.9. The average molecular weight is 462 g/mol. The van der Waals surface area contributed by atoms with Crippen molar-refractivity contribution in [3.8, 4) is 11.3 Å². The summed E-state index contributed by atoms with van der Waals surface area (Å²) in [6.45, 7) is 3.97. The van der Waals surface area contributed by atoms with Gasteiger partial charge in [0.1, 0.15) is 11.4 Å². The standard InChI is InChI=1S/C25H27N5O2S/c1-19-7-9-21(10-8-19)18-30-28-24(25(29-30)22-5-3-2-4-6-22)17-27-16-15-20-11-13-23(14-12-20)33(26,31)32/h2-14,27H,15-18H2,1H3,(H2,26,31,32). The van der Waals surface area contributed by atoms with Crippen LogP contribution in [0.5, 0.6) is 0 Å². The Morgan fingerprint density at radius 3 is 2.21 bits per heavy atom. The first-order valence-corrected chi connectivity index (χ1v) is 12.3. The van der Waals surface area contributed by atoms with E-state index in [0.29, 0.717) is 19.6 Å². The number of aryl methyl sites for hydroxylation is 1. The topological polar surface area (TPSA) is 103 Å². The fourth-order valence-electron chi connectivity index (χ4n) is 3.53. The maximum Gasteiger partial charge on any atom is 0.238 e. The molecular weight excluding hydrogens is 434 g/mol. The van der Waals surface area contributed by atoms with Crippen LogP contribution in [0.4, 0.5) is 0 Å². The van der Waals surface area contributed by atoms with E-state index in [1.165, 1.54) is 17.7 Å². The molecule has 3 N–H and O–H groups in total. The van der Waals surface area contributed by atoms with Gasteiger partial charge in [-0.15, -0.1) is 0 Å². The molecule has 0 aliphatic rings. The summed E-state index contributed by atoms with van der Waals surface area (Å²) in [5.74, 6) is 0. The Hall–Kier alpha value is -3.33. The summed E-state index contributed by atoms with van der Waals surface area (Å²) < 4.78 is 22.8. The second kappa shape index (κ2) is 10.1. The summed E-state index contributed by atoms with van der Waals surface area (Å²) in [6.07, 6.45) is 0.753. The second-order valence-electron chi connectivity index (χ2n) is 7.99. The van der Waals surface area contributed by atoms with Crippen LogP contribution in [0.15, 0.2) is 83.8 Å². The minimum absolute atomic E-state index is 0.122. The minimum Gasteiger partial charge on any atom is -0.311 e. The highest BCUT2D eigenvalue weighted by molar-refractivity contribution is 7.89. The first-order valence-electron chi connectivity index (χ1n) is 10.8. The molecule has 0 fully saturated rings. The Labute approximate surface area is 194 Å². The number of rotatable bonds is 9. The lowest BCUT2D eigenvalue weighted by Crippen LogP contribution is -2.18. The van der Waals surface area contributed by atoms with Gasteiger partial charge in [0, 0.05) is 12.1 Å². The molecule has 0 unspecified atom stereocenters. The summed E-state index contributed by atoms with van der Waals surface area (Å²) in [5.41, 5.74) is 6.19. The number of nitrogens with two attached hydrogens (primary N) is 1. The van der Waals surface area contributed by atoms with Crippen LogP contribution in [0.25, 0.3) is 11.3 Å². The number of primary sulfonamides is 1. The van der Waals surface area contributed by atoms with Crippen molar-refractivity contribution in [2.45, 2.75) is 31.3 Å². The number of nitrogens with one attached hydrogen (secondary N) is 1. The van der Waals surface area contributed by atoms with Gasteiger partial charge in [0.15, 0.2) is 0 Å². The molecule has 8 heteroatoms. The Bertz CT molecular complexity index is 1300. The number of hydrogen-bond acceptors (Lipinski definition) is 5. The molecule has 1 aromatic heterocycles. The molecule has 0 atom stereocenters. The van der Waals surface area contributed by atoms with E-state index in [0.717, 1.165) is 34.5 Å². The van der Waals surface area contributed by atoms with E-state index in [9.17, 15) is 8.42 Å². The summed E-state index contributed by atoms with van der Waals surface area (Å²) in [7, 11) is -3.67. The van der Waals surface area contributed by atoms with Gasteiger partial charge in [0.25, 0.3) is 0 Å². The molecule has 0 saturated heterocycles. The summed E-state index contributed by atoms with van der Waals surface area (Å²) in [5, 5.41) is 18.1. The van der Waals surface area contributed by atoms with Crippen molar-refractivity contribution in [3.05, 3.63) is 101 Å². The third kappa shape index (κ3) is 6.13. The van der Waals surface area contributed by atoms with Gasteiger partial charge in [-0.2, -0.15) is 15.0 Å². The highest BCUT2D eigenvalue weighted by atomic mass is 32.2. The van der Waals surface area contributed by atoms with E-state index in [1.807, 2.05) is 30.3 Å². The number of aromatic nitrogens is 3. The van der Waals surface area contributed by atoms with Gasteiger partial charge in [-0.1, -0.05) is 72.3 Å². The van der Waals surface area contributed by atoms with Crippen molar-refractivity contribution in [1.29, 1.82) is 0 Å².